The minimum absolute atomic E-state index is 0.210. The summed E-state index contributed by atoms with van der Waals surface area (Å²) in [6, 6.07) is 12.3. The molecule has 3 rings (SSSR count). The summed E-state index contributed by atoms with van der Waals surface area (Å²) >= 11 is 0. The van der Waals surface area contributed by atoms with Crippen LogP contribution in [0.15, 0.2) is 54.6 Å². The Balaban J connectivity index is 1.91. The van der Waals surface area contributed by atoms with Crippen molar-refractivity contribution < 1.29 is 29.5 Å². The highest BCUT2D eigenvalue weighted by molar-refractivity contribution is 5.53. The Morgan fingerprint density at radius 1 is 0.719 bits per heavy atom. The van der Waals surface area contributed by atoms with E-state index in [1.807, 2.05) is 20.8 Å². The minimum Gasteiger partial charge on any atom is -0.502 e. The number of ether oxygens (including phenoxy) is 2. The zero-order chi connectivity index (χ0) is 23.6. The van der Waals surface area contributed by atoms with E-state index in [1.165, 1.54) is 12.1 Å². The lowest BCUT2D eigenvalue weighted by Gasteiger charge is -2.23. The van der Waals surface area contributed by atoms with E-state index in [4.69, 9.17) is 9.47 Å². The van der Waals surface area contributed by atoms with E-state index in [2.05, 4.69) is 0 Å². The van der Waals surface area contributed by atoms with Gasteiger partial charge in [0.25, 0.3) is 0 Å². The van der Waals surface area contributed by atoms with Crippen molar-refractivity contribution in [3.05, 3.63) is 80.4 Å². The van der Waals surface area contributed by atoms with Crippen LogP contribution in [0.5, 0.6) is 34.5 Å². The number of rotatable bonds is 6. The molecule has 0 radical (unpaired) electrons. The molecule has 0 bridgehead atoms. The van der Waals surface area contributed by atoms with Gasteiger partial charge in [0, 0.05) is 29.8 Å². The van der Waals surface area contributed by atoms with Gasteiger partial charge in [-0.25, -0.2) is 0 Å². The summed E-state index contributed by atoms with van der Waals surface area (Å²) in [6.07, 6.45) is 0. The largest absolute Gasteiger partial charge is 0.502 e. The van der Waals surface area contributed by atoms with Crippen molar-refractivity contribution in [2.75, 3.05) is 0 Å². The first-order valence-electron chi connectivity index (χ1n) is 9.41. The average Bonchev–Trinajstić information content (AvgIpc) is 2.68. The zero-order valence-electron chi connectivity index (χ0n) is 17.4. The summed E-state index contributed by atoms with van der Waals surface area (Å²) in [5.74, 6) is 0.255. The molecule has 0 amide bonds. The minimum atomic E-state index is -0.695. The number of nitro groups is 2. The Labute approximate surface area is 182 Å². The first-order valence-corrected chi connectivity index (χ1v) is 9.41. The van der Waals surface area contributed by atoms with Crippen molar-refractivity contribution in [3.63, 3.8) is 0 Å². The van der Waals surface area contributed by atoms with Crippen molar-refractivity contribution >= 4 is 11.4 Å². The Hall–Kier alpha value is -4.34. The molecule has 10 heteroatoms. The maximum Gasteiger partial charge on any atom is 0.310 e. The number of phenols is 2. The summed E-state index contributed by atoms with van der Waals surface area (Å²) in [7, 11) is 0. The lowest BCUT2D eigenvalue weighted by Crippen LogP contribution is -2.12. The third-order valence-corrected chi connectivity index (χ3v) is 4.51. The van der Waals surface area contributed by atoms with Gasteiger partial charge in [0.1, 0.15) is 23.0 Å². The standard InChI is InChI=1S/C22H20N2O8/c1-22(2,3)16-10-13(31-14-4-7-17(23(27)28)19(25)11-14)6-9-21(16)32-15-5-8-18(24(29)30)20(26)12-15/h4-12,25-26H,1-3H3. The lowest BCUT2D eigenvalue weighted by molar-refractivity contribution is -0.386. The summed E-state index contributed by atoms with van der Waals surface area (Å²) in [4.78, 5) is 20.3. The van der Waals surface area contributed by atoms with Gasteiger partial charge in [-0.3, -0.25) is 20.2 Å². The molecule has 0 spiro atoms. The lowest BCUT2D eigenvalue weighted by atomic mass is 9.86. The maximum absolute atomic E-state index is 10.9. The molecular weight excluding hydrogens is 420 g/mol. The molecule has 0 heterocycles. The molecule has 166 valence electrons. The summed E-state index contributed by atoms with van der Waals surface area (Å²) in [5, 5.41) is 41.4. The molecule has 0 atom stereocenters. The predicted molar refractivity (Wildman–Crippen MR) is 115 cm³/mol. The number of benzene rings is 3. The SMILES string of the molecule is CC(C)(C)c1cc(Oc2ccc([N+](=O)[O-])c(O)c2)ccc1Oc1ccc([N+](=O)[O-])c(O)c1. The van der Waals surface area contributed by atoms with E-state index < -0.39 is 38.1 Å². The molecule has 0 aliphatic heterocycles. The molecule has 0 saturated carbocycles. The van der Waals surface area contributed by atoms with Gasteiger partial charge in [0.15, 0.2) is 11.5 Å². The normalized spacial score (nSPS) is 11.1. The molecule has 0 unspecified atom stereocenters. The molecular formula is C22H20N2O8. The fraction of sp³-hybridized carbons (Fsp3) is 0.182. The average molecular weight is 440 g/mol. The topological polar surface area (TPSA) is 145 Å². The molecule has 3 aromatic rings. The van der Waals surface area contributed by atoms with Gasteiger partial charge in [-0.1, -0.05) is 20.8 Å². The smallest absolute Gasteiger partial charge is 0.310 e. The number of hydrogen-bond donors (Lipinski definition) is 2. The van der Waals surface area contributed by atoms with Gasteiger partial charge in [0.2, 0.25) is 0 Å². The van der Waals surface area contributed by atoms with Crippen molar-refractivity contribution in [2.24, 2.45) is 0 Å². The van der Waals surface area contributed by atoms with Crippen molar-refractivity contribution in [1.29, 1.82) is 0 Å². The fourth-order valence-electron chi connectivity index (χ4n) is 2.95. The predicted octanol–water partition coefficient (Wildman–Crippen LogP) is 5.80. The molecule has 0 aliphatic rings. The van der Waals surface area contributed by atoms with E-state index in [0.29, 0.717) is 11.5 Å². The summed E-state index contributed by atoms with van der Waals surface area (Å²) in [5.41, 5.74) is -0.514. The van der Waals surface area contributed by atoms with Gasteiger partial charge in [-0.2, -0.15) is 0 Å². The van der Waals surface area contributed by atoms with E-state index in [-0.39, 0.29) is 11.5 Å². The van der Waals surface area contributed by atoms with Gasteiger partial charge in [0.05, 0.1) is 9.85 Å². The van der Waals surface area contributed by atoms with Crippen LogP contribution in [-0.4, -0.2) is 20.1 Å². The first-order chi connectivity index (χ1) is 15.0. The maximum atomic E-state index is 10.9. The number of aromatic hydroxyl groups is 2. The zero-order valence-corrected chi connectivity index (χ0v) is 17.4. The van der Waals surface area contributed by atoms with Gasteiger partial charge in [-0.05, 0) is 35.7 Å². The quantitative estimate of drug-likeness (QED) is 0.361. The Morgan fingerprint density at radius 2 is 1.16 bits per heavy atom. The number of phenolic OH excluding ortho intramolecular Hbond substituents is 2. The first kappa shape index (κ1) is 22.3. The molecule has 32 heavy (non-hydrogen) atoms. The second-order valence-electron chi connectivity index (χ2n) is 7.93. The highest BCUT2D eigenvalue weighted by Crippen LogP contribution is 2.40. The van der Waals surface area contributed by atoms with E-state index in [1.54, 1.807) is 18.2 Å². The van der Waals surface area contributed by atoms with Crippen LogP contribution in [0, 0.1) is 20.2 Å². The van der Waals surface area contributed by atoms with E-state index in [9.17, 15) is 30.4 Å². The third-order valence-electron chi connectivity index (χ3n) is 4.51. The van der Waals surface area contributed by atoms with E-state index in [0.717, 1.165) is 29.8 Å². The third kappa shape index (κ3) is 4.86. The van der Waals surface area contributed by atoms with Crippen LogP contribution in [0.25, 0.3) is 0 Å². The number of nitro benzene ring substituents is 2. The monoisotopic (exact) mass is 440 g/mol. The molecule has 3 aromatic carbocycles. The van der Waals surface area contributed by atoms with Gasteiger partial charge in [-0.15, -0.1) is 0 Å². The Morgan fingerprint density at radius 3 is 1.59 bits per heavy atom. The summed E-state index contributed by atoms with van der Waals surface area (Å²) < 4.78 is 11.6. The molecule has 0 aromatic heterocycles. The van der Waals surface area contributed by atoms with E-state index >= 15 is 0 Å². The van der Waals surface area contributed by atoms with Crippen molar-refractivity contribution in [1.82, 2.24) is 0 Å². The Bertz CT molecular complexity index is 1200. The highest BCUT2D eigenvalue weighted by atomic mass is 16.6. The number of nitrogens with zero attached hydrogens (tertiary/aromatic N) is 2. The molecule has 0 saturated heterocycles. The number of hydrogen-bond acceptors (Lipinski definition) is 8. The summed E-state index contributed by atoms with van der Waals surface area (Å²) in [6.45, 7) is 5.85. The van der Waals surface area contributed by atoms with Crippen LogP contribution in [0.3, 0.4) is 0 Å². The van der Waals surface area contributed by atoms with Gasteiger partial charge < -0.3 is 19.7 Å². The second kappa shape index (κ2) is 8.42. The van der Waals surface area contributed by atoms with Crippen molar-refractivity contribution in [2.45, 2.75) is 26.2 Å². The van der Waals surface area contributed by atoms with Crippen LogP contribution >= 0.6 is 0 Å². The second-order valence-corrected chi connectivity index (χ2v) is 7.93. The Kier molecular flexibility index (Phi) is 5.88. The van der Waals surface area contributed by atoms with Crippen LogP contribution in [0.4, 0.5) is 11.4 Å². The van der Waals surface area contributed by atoms with Crippen LogP contribution in [0.2, 0.25) is 0 Å². The van der Waals surface area contributed by atoms with Crippen LogP contribution < -0.4 is 9.47 Å². The van der Waals surface area contributed by atoms with Crippen molar-refractivity contribution in [3.8, 4) is 34.5 Å². The molecule has 2 N–H and O–H groups in total. The fourth-order valence-corrected chi connectivity index (χ4v) is 2.95. The van der Waals surface area contributed by atoms with Gasteiger partial charge >= 0.3 is 11.4 Å². The highest BCUT2D eigenvalue weighted by Gasteiger charge is 2.22. The molecule has 0 aliphatic carbocycles. The van der Waals surface area contributed by atoms with Crippen LogP contribution in [-0.2, 0) is 5.41 Å². The molecule has 10 nitrogen and oxygen atoms in total. The molecule has 0 fully saturated rings. The van der Waals surface area contributed by atoms with Crippen LogP contribution in [0.1, 0.15) is 26.3 Å².